The molecule has 0 radical (unpaired) electrons. The van der Waals surface area contributed by atoms with E-state index in [1.807, 2.05) is 36.4 Å². The second kappa shape index (κ2) is 6.44. The Bertz CT molecular complexity index is 661. The topological polar surface area (TPSA) is 35.5 Å². The molecular formula is C17H14O3. The van der Waals surface area contributed by atoms with Crippen LogP contribution in [-0.2, 0) is 9.47 Å². The highest BCUT2D eigenvalue weighted by atomic mass is 16.5. The maximum absolute atomic E-state index is 11.4. The molecule has 0 heterocycles. The molecule has 0 unspecified atom stereocenters. The third-order valence-corrected chi connectivity index (χ3v) is 2.83. The number of hydrogen-bond donors (Lipinski definition) is 0. The van der Waals surface area contributed by atoms with Crippen molar-refractivity contribution in [3.05, 3.63) is 59.7 Å². The van der Waals surface area contributed by atoms with Crippen molar-refractivity contribution >= 4 is 5.97 Å². The molecule has 0 saturated heterocycles. The van der Waals surface area contributed by atoms with Crippen molar-refractivity contribution in [3.63, 3.8) is 0 Å². The van der Waals surface area contributed by atoms with Gasteiger partial charge in [-0.05, 0) is 35.2 Å². The molecule has 2 aromatic rings. The highest BCUT2D eigenvalue weighted by molar-refractivity contribution is 5.90. The van der Waals surface area contributed by atoms with Gasteiger partial charge in [0.1, 0.15) is 6.11 Å². The summed E-state index contributed by atoms with van der Waals surface area (Å²) < 4.78 is 9.46. The lowest BCUT2D eigenvalue weighted by Crippen LogP contribution is -2.00. The molecule has 0 saturated carbocycles. The van der Waals surface area contributed by atoms with Crippen molar-refractivity contribution in [1.29, 1.82) is 0 Å². The zero-order valence-electron chi connectivity index (χ0n) is 11.3. The minimum Gasteiger partial charge on any atom is -0.465 e. The Labute approximate surface area is 118 Å². The third kappa shape index (κ3) is 2.99. The van der Waals surface area contributed by atoms with E-state index < -0.39 is 0 Å². The second-order valence-electron chi connectivity index (χ2n) is 4.05. The van der Waals surface area contributed by atoms with Crippen LogP contribution < -0.4 is 0 Å². The molecule has 0 aliphatic heterocycles. The lowest BCUT2D eigenvalue weighted by molar-refractivity contribution is 0.0601. The van der Waals surface area contributed by atoms with Crippen LogP contribution in [0.3, 0.4) is 0 Å². The fraction of sp³-hybridized carbons (Fsp3) is 0.118. The number of carbonyl (C=O) groups excluding carboxylic acids is 1. The SMILES string of the molecule is COC#Cc1ccccc1-c1ccc(C(=O)OC)cc1. The number of benzene rings is 2. The Hall–Kier alpha value is -2.73. The van der Waals surface area contributed by atoms with Gasteiger partial charge in [0, 0.05) is 5.56 Å². The van der Waals surface area contributed by atoms with Gasteiger partial charge in [-0.2, -0.15) is 0 Å². The van der Waals surface area contributed by atoms with E-state index in [1.54, 1.807) is 12.1 Å². The van der Waals surface area contributed by atoms with Crippen LogP contribution in [0.1, 0.15) is 15.9 Å². The molecule has 2 rings (SSSR count). The van der Waals surface area contributed by atoms with Crippen LogP contribution in [0.15, 0.2) is 48.5 Å². The van der Waals surface area contributed by atoms with Gasteiger partial charge >= 0.3 is 5.97 Å². The van der Waals surface area contributed by atoms with E-state index in [0.29, 0.717) is 5.56 Å². The number of hydrogen-bond acceptors (Lipinski definition) is 3. The fourth-order valence-electron chi connectivity index (χ4n) is 1.85. The van der Waals surface area contributed by atoms with Gasteiger partial charge in [0.25, 0.3) is 0 Å². The van der Waals surface area contributed by atoms with Gasteiger partial charge in [-0.25, -0.2) is 4.79 Å². The second-order valence-corrected chi connectivity index (χ2v) is 4.05. The summed E-state index contributed by atoms with van der Waals surface area (Å²) in [4.78, 5) is 11.4. The largest absolute Gasteiger partial charge is 0.465 e. The zero-order valence-corrected chi connectivity index (χ0v) is 11.3. The van der Waals surface area contributed by atoms with Gasteiger partial charge < -0.3 is 9.47 Å². The number of ether oxygens (including phenoxy) is 2. The smallest absolute Gasteiger partial charge is 0.337 e. The first kappa shape index (κ1) is 13.7. The molecule has 3 heteroatoms. The number of rotatable bonds is 2. The zero-order chi connectivity index (χ0) is 14.4. The van der Waals surface area contributed by atoms with Crippen molar-refractivity contribution in [2.45, 2.75) is 0 Å². The standard InChI is InChI=1S/C17H14O3/c1-19-12-11-13-5-3-4-6-16(13)14-7-9-15(10-8-14)17(18)20-2/h3-10H,1-2H3. The summed E-state index contributed by atoms with van der Waals surface area (Å²) in [5, 5.41) is 0. The Kier molecular flexibility index (Phi) is 4.41. The van der Waals surface area contributed by atoms with Crippen LogP contribution in [0.25, 0.3) is 11.1 Å². The van der Waals surface area contributed by atoms with E-state index in [2.05, 4.69) is 16.8 Å². The van der Waals surface area contributed by atoms with E-state index >= 15 is 0 Å². The van der Waals surface area contributed by atoms with E-state index in [0.717, 1.165) is 16.7 Å². The van der Waals surface area contributed by atoms with Crippen LogP contribution in [0.4, 0.5) is 0 Å². The quantitative estimate of drug-likeness (QED) is 0.619. The van der Waals surface area contributed by atoms with Crippen molar-refractivity contribution in [3.8, 4) is 23.2 Å². The van der Waals surface area contributed by atoms with Crippen molar-refractivity contribution in [2.24, 2.45) is 0 Å². The molecular weight excluding hydrogens is 252 g/mol. The van der Waals surface area contributed by atoms with Crippen molar-refractivity contribution in [1.82, 2.24) is 0 Å². The van der Waals surface area contributed by atoms with Crippen LogP contribution in [0.5, 0.6) is 0 Å². The van der Waals surface area contributed by atoms with Crippen LogP contribution in [0.2, 0.25) is 0 Å². The molecule has 0 aromatic heterocycles. The number of carbonyl (C=O) groups is 1. The molecule has 3 nitrogen and oxygen atoms in total. The minimum atomic E-state index is -0.344. The predicted molar refractivity (Wildman–Crippen MR) is 77.1 cm³/mol. The highest BCUT2D eigenvalue weighted by Crippen LogP contribution is 2.23. The summed E-state index contributed by atoms with van der Waals surface area (Å²) in [5.74, 6) is 2.60. The molecule has 0 N–H and O–H groups in total. The maximum Gasteiger partial charge on any atom is 0.337 e. The van der Waals surface area contributed by atoms with E-state index in [-0.39, 0.29) is 5.97 Å². The summed E-state index contributed by atoms with van der Waals surface area (Å²) in [7, 11) is 2.90. The molecule has 0 aliphatic carbocycles. The van der Waals surface area contributed by atoms with Crippen molar-refractivity contribution < 1.29 is 14.3 Å². The molecule has 20 heavy (non-hydrogen) atoms. The van der Waals surface area contributed by atoms with Crippen molar-refractivity contribution in [2.75, 3.05) is 14.2 Å². The summed E-state index contributed by atoms with van der Waals surface area (Å²) in [6, 6.07) is 15.0. The molecule has 0 spiro atoms. The van der Waals surface area contributed by atoms with Gasteiger partial charge in [0.05, 0.1) is 19.8 Å². The fourth-order valence-corrected chi connectivity index (χ4v) is 1.85. The van der Waals surface area contributed by atoms with E-state index in [9.17, 15) is 4.79 Å². The minimum absolute atomic E-state index is 0.344. The molecule has 0 aliphatic rings. The van der Waals surface area contributed by atoms with Crippen LogP contribution in [-0.4, -0.2) is 20.2 Å². The Morgan fingerprint density at radius 3 is 2.35 bits per heavy atom. The third-order valence-electron chi connectivity index (χ3n) is 2.83. The van der Waals surface area contributed by atoms with Gasteiger partial charge in [0.15, 0.2) is 0 Å². The van der Waals surface area contributed by atoms with Gasteiger partial charge in [-0.1, -0.05) is 30.3 Å². The molecule has 0 amide bonds. The Morgan fingerprint density at radius 2 is 1.70 bits per heavy atom. The first-order valence-electron chi connectivity index (χ1n) is 6.08. The lowest BCUT2D eigenvalue weighted by atomic mass is 9.99. The van der Waals surface area contributed by atoms with Gasteiger partial charge in [0.2, 0.25) is 0 Å². The maximum atomic E-state index is 11.4. The first-order chi connectivity index (χ1) is 9.76. The summed E-state index contributed by atoms with van der Waals surface area (Å²) in [6.45, 7) is 0. The van der Waals surface area contributed by atoms with E-state index in [1.165, 1.54) is 14.2 Å². The summed E-state index contributed by atoms with van der Waals surface area (Å²) in [6.07, 6.45) is 2.59. The first-order valence-corrected chi connectivity index (χ1v) is 6.08. The average molecular weight is 266 g/mol. The molecule has 2 aromatic carbocycles. The lowest BCUT2D eigenvalue weighted by Gasteiger charge is -2.05. The van der Waals surface area contributed by atoms with Gasteiger partial charge in [-0.3, -0.25) is 0 Å². The summed E-state index contributed by atoms with van der Waals surface area (Å²) >= 11 is 0. The predicted octanol–water partition coefficient (Wildman–Crippen LogP) is 3.10. The Balaban J connectivity index is 2.39. The van der Waals surface area contributed by atoms with Crippen LogP contribution in [0, 0.1) is 12.0 Å². The van der Waals surface area contributed by atoms with Crippen LogP contribution >= 0.6 is 0 Å². The number of methoxy groups -OCH3 is 2. The molecule has 0 bridgehead atoms. The van der Waals surface area contributed by atoms with E-state index in [4.69, 9.17) is 4.74 Å². The monoisotopic (exact) mass is 266 g/mol. The molecule has 100 valence electrons. The Morgan fingerprint density at radius 1 is 1.00 bits per heavy atom. The summed E-state index contributed by atoms with van der Waals surface area (Å²) in [5.41, 5.74) is 3.38. The molecule has 0 atom stereocenters. The highest BCUT2D eigenvalue weighted by Gasteiger charge is 2.07. The average Bonchev–Trinajstić information content (AvgIpc) is 2.52. The van der Waals surface area contributed by atoms with Gasteiger partial charge in [-0.15, -0.1) is 0 Å². The number of esters is 1. The molecule has 0 fully saturated rings. The normalized spacial score (nSPS) is 9.30.